The lowest BCUT2D eigenvalue weighted by molar-refractivity contribution is -0.0366. The molecule has 3 fully saturated rings. The lowest BCUT2D eigenvalue weighted by Crippen LogP contribution is -2.41. The minimum Gasteiger partial charge on any atom is -0.417 e. The van der Waals surface area contributed by atoms with Gasteiger partial charge in [-0.2, -0.15) is 5.10 Å². The average Bonchev–Trinajstić information content (AvgIpc) is 3.43. The molecule has 0 amide bonds. The van der Waals surface area contributed by atoms with Crippen LogP contribution < -0.4 is 5.46 Å². The van der Waals surface area contributed by atoms with Gasteiger partial charge in [0.15, 0.2) is 14.5 Å². The Labute approximate surface area is 253 Å². The Hall–Kier alpha value is -1.34. The van der Waals surface area contributed by atoms with Gasteiger partial charge in [-0.15, -0.1) is 0 Å². The van der Waals surface area contributed by atoms with E-state index in [1.165, 1.54) is 0 Å². The van der Waals surface area contributed by atoms with Gasteiger partial charge in [0.25, 0.3) is 0 Å². The molecule has 0 spiro atoms. The summed E-state index contributed by atoms with van der Waals surface area (Å²) in [6.07, 6.45) is 5.90. The molecule has 1 aromatic carbocycles. The Morgan fingerprint density at radius 1 is 1.02 bits per heavy atom. The van der Waals surface area contributed by atoms with Crippen LogP contribution in [0.25, 0.3) is 10.9 Å². The molecule has 0 saturated carbocycles. The molecule has 1 unspecified atom stereocenters. The predicted molar refractivity (Wildman–Crippen MR) is 167 cm³/mol. The van der Waals surface area contributed by atoms with Gasteiger partial charge in [-0.1, -0.05) is 20.8 Å². The number of aromatic nitrogens is 2. The molecule has 2 aromatic rings. The number of rotatable bonds is 7. The molecule has 0 aliphatic carbocycles. The Bertz CT molecular complexity index is 1160. The fraction of sp³-hybridized carbons (Fsp3) is 0.774. The van der Waals surface area contributed by atoms with Gasteiger partial charge in [-0.3, -0.25) is 0 Å². The summed E-state index contributed by atoms with van der Waals surface area (Å²) in [6.45, 7) is 23.7. The summed E-state index contributed by atoms with van der Waals surface area (Å²) in [4.78, 5) is 0. The fourth-order valence-corrected chi connectivity index (χ4v) is 6.17. The van der Waals surface area contributed by atoms with Gasteiger partial charge in [0, 0.05) is 24.7 Å². The van der Waals surface area contributed by atoms with Gasteiger partial charge in [-0.05, 0) is 89.0 Å². The minimum absolute atomic E-state index is 0.140. The second-order valence-electron chi connectivity index (χ2n) is 14.1. The van der Waals surface area contributed by atoms with Crippen LogP contribution >= 0.6 is 0 Å². The molecular weight excluding hydrogens is 554 g/mol. The van der Waals surface area contributed by atoms with Crippen LogP contribution in [0.4, 0.5) is 4.39 Å². The number of halogens is 1. The number of hydrogen-bond acceptors (Lipinski definition) is 7. The van der Waals surface area contributed by atoms with Crippen LogP contribution in [0.15, 0.2) is 12.3 Å². The van der Waals surface area contributed by atoms with Gasteiger partial charge in [-0.25, -0.2) is 9.07 Å². The van der Waals surface area contributed by atoms with Crippen molar-refractivity contribution in [2.24, 2.45) is 0 Å². The first kappa shape index (κ1) is 33.6. The van der Waals surface area contributed by atoms with Gasteiger partial charge >= 0.3 is 7.12 Å². The maximum absolute atomic E-state index is 15.9. The first-order valence-corrected chi connectivity index (χ1v) is 18.5. The zero-order valence-electron chi connectivity index (χ0n) is 27.3. The highest BCUT2D eigenvalue weighted by Crippen LogP contribution is 2.39. The largest absolute Gasteiger partial charge is 0.495 e. The molecule has 3 aliphatic rings. The number of fused-ring (bicyclic) bond motifs is 1. The SMILES string of the molecule is C1COCCO1.CC1(C)OB(c2c(CCCO[Si](C)(C)C(C)(C)C)c(F)cc3c2cnn3C2CCCCO2)OC1(C)C. The van der Waals surface area contributed by atoms with Crippen molar-refractivity contribution in [3.63, 3.8) is 0 Å². The Balaban J connectivity index is 0.000000600. The molecule has 0 bridgehead atoms. The van der Waals surface area contributed by atoms with Crippen LogP contribution in [0.5, 0.6) is 0 Å². The average molecular weight is 607 g/mol. The third-order valence-corrected chi connectivity index (χ3v) is 14.0. The third kappa shape index (κ3) is 7.47. The number of benzene rings is 1. The molecule has 236 valence electrons. The molecule has 5 rings (SSSR count). The highest BCUT2D eigenvalue weighted by atomic mass is 28.4. The van der Waals surface area contributed by atoms with E-state index in [0.29, 0.717) is 25.2 Å². The Morgan fingerprint density at radius 3 is 2.17 bits per heavy atom. The van der Waals surface area contributed by atoms with E-state index in [9.17, 15) is 0 Å². The Kier molecular flexibility index (Phi) is 10.7. The van der Waals surface area contributed by atoms with E-state index in [2.05, 4.69) is 39.0 Å². The molecule has 1 aromatic heterocycles. The summed E-state index contributed by atoms with van der Waals surface area (Å²) in [5.74, 6) is -0.253. The molecule has 42 heavy (non-hydrogen) atoms. The van der Waals surface area contributed by atoms with Gasteiger partial charge in [0.1, 0.15) is 5.82 Å². The highest BCUT2D eigenvalue weighted by molar-refractivity contribution is 6.74. The molecule has 8 nitrogen and oxygen atoms in total. The lowest BCUT2D eigenvalue weighted by Gasteiger charge is -2.36. The Morgan fingerprint density at radius 2 is 1.64 bits per heavy atom. The lowest BCUT2D eigenvalue weighted by atomic mass is 9.73. The van der Waals surface area contributed by atoms with Gasteiger partial charge in [0.05, 0.1) is 49.3 Å². The van der Waals surface area contributed by atoms with E-state index in [4.69, 9.17) is 27.9 Å². The van der Waals surface area contributed by atoms with E-state index in [-0.39, 0.29) is 17.1 Å². The summed E-state index contributed by atoms with van der Waals surface area (Å²) in [7, 11) is -2.54. The summed E-state index contributed by atoms with van der Waals surface area (Å²) >= 11 is 0. The quantitative estimate of drug-likeness (QED) is 0.276. The fourth-order valence-electron chi connectivity index (χ4n) is 5.08. The van der Waals surface area contributed by atoms with Crippen molar-refractivity contribution in [3.05, 3.63) is 23.6 Å². The zero-order chi connectivity index (χ0) is 30.8. The van der Waals surface area contributed by atoms with E-state index < -0.39 is 26.6 Å². The van der Waals surface area contributed by atoms with E-state index in [1.54, 1.807) is 6.07 Å². The molecule has 3 aliphatic heterocycles. The van der Waals surface area contributed by atoms with Crippen LogP contribution in [0.3, 0.4) is 0 Å². The van der Waals surface area contributed by atoms with Crippen LogP contribution in [-0.4, -0.2) is 76.1 Å². The number of nitrogens with zero attached hydrogens (tertiary/aromatic N) is 2. The van der Waals surface area contributed by atoms with E-state index >= 15 is 4.39 Å². The molecular formula is C31H52BFN2O6Si. The van der Waals surface area contributed by atoms with E-state index in [0.717, 1.165) is 68.5 Å². The van der Waals surface area contributed by atoms with E-state index in [1.807, 2.05) is 38.6 Å². The molecule has 0 radical (unpaired) electrons. The summed E-state index contributed by atoms with van der Waals surface area (Å²) in [6, 6.07) is 1.61. The van der Waals surface area contributed by atoms with Crippen molar-refractivity contribution in [1.29, 1.82) is 0 Å². The topological polar surface area (TPSA) is 73.2 Å². The van der Waals surface area contributed by atoms with Gasteiger partial charge < -0.3 is 27.9 Å². The molecule has 3 saturated heterocycles. The van der Waals surface area contributed by atoms with Crippen molar-refractivity contribution < 1.29 is 32.3 Å². The standard InChI is InChI=1S/C27H44BFN2O4Si.C4H8O2/c1-25(2,3)36(8,9)33-16-12-13-19-21(29)17-22-20(18-30-31(22)23-14-10-11-15-32-23)24(19)28-34-26(4,5)27(6,7)35-28;1-2-6-4-3-5-1/h17-18,23H,10-16H2,1-9H3;1-4H2. The van der Waals surface area contributed by atoms with Crippen molar-refractivity contribution in [3.8, 4) is 0 Å². The number of hydrogen-bond donors (Lipinski definition) is 0. The summed E-state index contributed by atoms with van der Waals surface area (Å²) in [5, 5.41) is 5.66. The van der Waals surface area contributed by atoms with Crippen LogP contribution in [0.1, 0.15) is 85.9 Å². The molecule has 0 N–H and O–H groups in total. The van der Waals surface area contributed by atoms with Crippen molar-refractivity contribution >= 4 is 31.8 Å². The highest BCUT2D eigenvalue weighted by Gasteiger charge is 2.53. The van der Waals surface area contributed by atoms with Crippen molar-refractivity contribution in [1.82, 2.24) is 9.78 Å². The molecule has 11 heteroatoms. The first-order chi connectivity index (χ1) is 19.6. The minimum atomic E-state index is -1.86. The summed E-state index contributed by atoms with van der Waals surface area (Å²) < 4.78 is 52.8. The monoisotopic (exact) mass is 606 g/mol. The second-order valence-corrected chi connectivity index (χ2v) is 18.9. The first-order valence-electron chi connectivity index (χ1n) is 15.6. The zero-order valence-corrected chi connectivity index (χ0v) is 28.3. The maximum Gasteiger partial charge on any atom is 0.495 e. The smallest absolute Gasteiger partial charge is 0.417 e. The molecule has 1 atom stereocenters. The van der Waals surface area contributed by atoms with Crippen LogP contribution in [0, 0.1) is 5.82 Å². The maximum atomic E-state index is 15.9. The number of ether oxygens (including phenoxy) is 3. The second kappa shape index (κ2) is 13.3. The van der Waals surface area contributed by atoms with Crippen molar-refractivity contribution in [2.75, 3.05) is 39.6 Å². The third-order valence-electron chi connectivity index (χ3n) is 9.50. The molecule has 4 heterocycles. The van der Waals surface area contributed by atoms with Crippen molar-refractivity contribution in [2.45, 2.75) is 116 Å². The van der Waals surface area contributed by atoms with Crippen LogP contribution in [-0.2, 0) is 34.4 Å². The summed E-state index contributed by atoms with van der Waals surface area (Å²) in [5.41, 5.74) is 1.05. The van der Waals surface area contributed by atoms with Gasteiger partial charge in [0.2, 0.25) is 0 Å². The normalized spacial score (nSPS) is 22.7. The van der Waals surface area contributed by atoms with Crippen LogP contribution in [0.2, 0.25) is 18.1 Å². The predicted octanol–water partition coefficient (Wildman–Crippen LogP) is 6.16.